The number of aliphatic imine (C=N–C) groups is 1. The highest BCUT2D eigenvalue weighted by atomic mass is 32.2. The Labute approximate surface area is 176 Å². The summed E-state index contributed by atoms with van der Waals surface area (Å²) in [5, 5.41) is 0.762. The van der Waals surface area contributed by atoms with Crippen LogP contribution in [0.25, 0.3) is 6.08 Å². The second-order valence-electron chi connectivity index (χ2n) is 7.45. The zero-order valence-corrected chi connectivity index (χ0v) is 18.0. The molecule has 5 heteroatoms. The lowest BCUT2D eigenvalue weighted by molar-refractivity contribution is -0.113. The highest BCUT2D eigenvalue weighted by molar-refractivity contribution is 8.19. The van der Waals surface area contributed by atoms with E-state index in [1.807, 2.05) is 30.3 Å². The van der Waals surface area contributed by atoms with E-state index in [0.717, 1.165) is 53.6 Å². The van der Waals surface area contributed by atoms with Gasteiger partial charge in [-0.15, -0.1) is 0 Å². The van der Waals surface area contributed by atoms with Crippen molar-refractivity contribution in [3.8, 4) is 5.75 Å². The fourth-order valence-electron chi connectivity index (χ4n) is 3.60. The Kier molecular flexibility index (Phi) is 5.76. The first kappa shape index (κ1) is 19.8. The predicted molar refractivity (Wildman–Crippen MR) is 122 cm³/mol. The number of thioether (sulfide) groups is 1. The van der Waals surface area contributed by atoms with Gasteiger partial charge in [0.25, 0.3) is 5.91 Å². The van der Waals surface area contributed by atoms with E-state index in [-0.39, 0.29) is 5.91 Å². The number of fused-ring (bicyclic) bond motifs is 1. The predicted octanol–water partition coefficient (Wildman–Crippen LogP) is 5.52. The molecule has 1 fully saturated rings. The topological polar surface area (TPSA) is 41.9 Å². The fraction of sp³-hybridized carbons (Fsp3) is 0.333. The minimum atomic E-state index is -0.00692. The number of ether oxygens (including phenoxy) is 1. The van der Waals surface area contributed by atoms with E-state index < -0.39 is 0 Å². The van der Waals surface area contributed by atoms with E-state index >= 15 is 0 Å². The summed E-state index contributed by atoms with van der Waals surface area (Å²) in [6, 6.07) is 12.2. The molecule has 29 heavy (non-hydrogen) atoms. The van der Waals surface area contributed by atoms with E-state index in [2.05, 4.69) is 32.9 Å². The molecular formula is C24H26N2O2S. The van der Waals surface area contributed by atoms with Crippen molar-refractivity contribution in [2.45, 2.75) is 40.0 Å². The summed E-state index contributed by atoms with van der Waals surface area (Å²) in [5.41, 5.74) is 5.44. The normalized spacial score (nSPS) is 19.0. The Bertz CT molecular complexity index is 1010. The molecule has 0 spiro atoms. The number of nitrogens with zero attached hydrogens (tertiary/aromatic N) is 2. The Hall–Kier alpha value is -2.53. The Balaban J connectivity index is 1.71. The van der Waals surface area contributed by atoms with Crippen LogP contribution in [-0.4, -0.2) is 24.2 Å². The first-order valence-electron chi connectivity index (χ1n) is 10.2. The maximum absolute atomic E-state index is 13.4. The average Bonchev–Trinajstić information content (AvgIpc) is 3.03. The van der Waals surface area contributed by atoms with Gasteiger partial charge in [-0.3, -0.25) is 14.7 Å². The highest BCUT2D eigenvalue weighted by Gasteiger charge is 2.35. The molecule has 4 rings (SSSR count). The molecule has 4 nitrogen and oxygen atoms in total. The molecule has 0 atom stereocenters. The first-order valence-corrected chi connectivity index (χ1v) is 11.0. The number of amidine groups is 1. The molecule has 0 bridgehead atoms. The van der Waals surface area contributed by atoms with Crippen LogP contribution < -0.4 is 9.64 Å². The molecule has 2 aliphatic rings. The molecule has 2 aromatic rings. The number of aryl methyl sites for hydroxylation is 2. The van der Waals surface area contributed by atoms with Crippen molar-refractivity contribution in [1.82, 2.24) is 0 Å². The van der Waals surface area contributed by atoms with E-state index in [4.69, 9.17) is 9.73 Å². The van der Waals surface area contributed by atoms with Crippen LogP contribution in [0.4, 0.5) is 5.69 Å². The number of benzene rings is 2. The van der Waals surface area contributed by atoms with Crippen LogP contribution in [0.3, 0.4) is 0 Å². The van der Waals surface area contributed by atoms with E-state index in [1.54, 1.807) is 4.90 Å². The lowest BCUT2D eigenvalue weighted by Gasteiger charge is -2.19. The largest absolute Gasteiger partial charge is 0.493 e. The molecule has 2 aromatic carbocycles. The fourth-order valence-corrected chi connectivity index (χ4v) is 4.60. The monoisotopic (exact) mass is 406 g/mol. The van der Waals surface area contributed by atoms with Crippen molar-refractivity contribution in [3.63, 3.8) is 0 Å². The summed E-state index contributed by atoms with van der Waals surface area (Å²) in [4.78, 5) is 20.6. The summed E-state index contributed by atoms with van der Waals surface area (Å²) < 4.78 is 5.71. The summed E-state index contributed by atoms with van der Waals surface area (Å²) in [6.45, 7) is 7.72. The number of carbonyl (C=O) groups is 1. The SMILES string of the molecule is CCCN=C1S/C(=C\c2ccc3c(c2)CCCO3)C(=O)N1c1cccc(C)c1C. The molecule has 1 saturated heterocycles. The minimum Gasteiger partial charge on any atom is -0.493 e. The van der Waals surface area contributed by atoms with E-state index in [1.165, 1.54) is 22.9 Å². The van der Waals surface area contributed by atoms with Gasteiger partial charge in [-0.25, -0.2) is 0 Å². The highest BCUT2D eigenvalue weighted by Crippen LogP contribution is 2.38. The van der Waals surface area contributed by atoms with Crippen LogP contribution in [0.2, 0.25) is 0 Å². The second kappa shape index (κ2) is 8.46. The quantitative estimate of drug-likeness (QED) is 0.628. The maximum atomic E-state index is 13.4. The molecule has 1 amide bonds. The van der Waals surface area contributed by atoms with Crippen molar-refractivity contribution in [1.29, 1.82) is 0 Å². The van der Waals surface area contributed by atoms with Gasteiger partial charge in [-0.05, 0) is 91.4 Å². The molecule has 0 aliphatic carbocycles. The molecular weight excluding hydrogens is 380 g/mol. The van der Waals surface area contributed by atoms with E-state index in [0.29, 0.717) is 11.4 Å². The molecule has 0 N–H and O–H groups in total. The number of hydrogen-bond acceptors (Lipinski definition) is 4. The van der Waals surface area contributed by atoms with Crippen LogP contribution >= 0.6 is 11.8 Å². The molecule has 2 aliphatic heterocycles. The number of anilines is 1. The van der Waals surface area contributed by atoms with Gasteiger partial charge in [0.15, 0.2) is 5.17 Å². The van der Waals surface area contributed by atoms with Gasteiger partial charge >= 0.3 is 0 Å². The van der Waals surface area contributed by atoms with Crippen molar-refractivity contribution >= 4 is 34.6 Å². The van der Waals surface area contributed by atoms with Crippen molar-refractivity contribution in [2.24, 2.45) is 4.99 Å². The number of amides is 1. The van der Waals surface area contributed by atoms with Gasteiger partial charge < -0.3 is 4.74 Å². The van der Waals surface area contributed by atoms with Gasteiger partial charge in [0.1, 0.15) is 5.75 Å². The van der Waals surface area contributed by atoms with E-state index in [9.17, 15) is 4.79 Å². The lowest BCUT2D eigenvalue weighted by atomic mass is 10.0. The van der Waals surface area contributed by atoms with Gasteiger partial charge in [-0.2, -0.15) is 0 Å². The smallest absolute Gasteiger partial charge is 0.271 e. The van der Waals surface area contributed by atoms with Crippen LogP contribution in [-0.2, 0) is 11.2 Å². The first-order chi connectivity index (χ1) is 14.1. The van der Waals surface area contributed by atoms with Crippen LogP contribution in [0.1, 0.15) is 42.0 Å². The standard InChI is InChI=1S/C24H26N2O2S/c1-4-12-25-24-26(20-9-5-7-16(2)17(20)3)23(27)22(29-24)15-18-10-11-21-19(14-18)8-6-13-28-21/h5,7,9-11,14-15H,4,6,8,12-13H2,1-3H3/b22-15-,25-24?. The number of rotatable bonds is 4. The van der Waals surface area contributed by atoms with Gasteiger partial charge in [0.05, 0.1) is 17.2 Å². The summed E-state index contributed by atoms with van der Waals surface area (Å²) in [7, 11) is 0. The van der Waals surface area contributed by atoms with Crippen LogP contribution in [0.15, 0.2) is 46.3 Å². The van der Waals surface area contributed by atoms with Gasteiger partial charge in [0, 0.05) is 6.54 Å². The molecule has 0 radical (unpaired) electrons. The van der Waals surface area contributed by atoms with Crippen molar-refractivity contribution in [2.75, 3.05) is 18.1 Å². The summed E-state index contributed by atoms with van der Waals surface area (Å²) in [5.74, 6) is 0.957. The lowest BCUT2D eigenvalue weighted by Crippen LogP contribution is -2.29. The van der Waals surface area contributed by atoms with Crippen molar-refractivity contribution in [3.05, 3.63) is 63.6 Å². The summed E-state index contributed by atoms with van der Waals surface area (Å²) in [6.07, 6.45) is 4.98. The number of carbonyl (C=O) groups excluding carboxylic acids is 1. The molecule has 0 aromatic heterocycles. The second-order valence-corrected chi connectivity index (χ2v) is 8.46. The van der Waals surface area contributed by atoms with Crippen LogP contribution in [0, 0.1) is 13.8 Å². The van der Waals surface area contributed by atoms with Crippen LogP contribution in [0.5, 0.6) is 5.75 Å². The molecule has 2 heterocycles. The Morgan fingerprint density at radius 3 is 2.93 bits per heavy atom. The molecule has 150 valence electrons. The zero-order chi connectivity index (χ0) is 20.4. The maximum Gasteiger partial charge on any atom is 0.271 e. The third kappa shape index (κ3) is 3.97. The molecule has 0 unspecified atom stereocenters. The third-order valence-corrected chi connectivity index (χ3v) is 6.33. The Morgan fingerprint density at radius 2 is 2.10 bits per heavy atom. The Morgan fingerprint density at radius 1 is 1.24 bits per heavy atom. The molecule has 0 saturated carbocycles. The summed E-state index contributed by atoms with van der Waals surface area (Å²) >= 11 is 1.46. The van der Waals surface area contributed by atoms with Gasteiger partial charge in [0.2, 0.25) is 0 Å². The zero-order valence-electron chi connectivity index (χ0n) is 17.2. The number of hydrogen-bond donors (Lipinski definition) is 0. The minimum absolute atomic E-state index is 0.00692. The van der Waals surface area contributed by atoms with Gasteiger partial charge in [-0.1, -0.05) is 25.1 Å². The van der Waals surface area contributed by atoms with Crippen molar-refractivity contribution < 1.29 is 9.53 Å². The average molecular weight is 407 g/mol. The third-order valence-electron chi connectivity index (χ3n) is 5.32.